The summed E-state index contributed by atoms with van der Waals surface area (Å²) in [4.78, 5) is 10.3. The van der Waals surface area contributed by atoms with Gasteiger partial charge in [0.05, 0.1) is 22.2 Å². The first-order valence-corrected chi connectivity index (χ1v) is 6.66. The molecule has 3 rings (SSSR count). The van der Waals surface area contributed by atoms with Gasteiger partial charge in [-0.15, -0.1) is 0 Å². The molecule has 21 heavy (non-hydrogen) atoms. The number of rotatable bonds is 4. The Balaban J connectivity index is 1.80. The number of non-ortho nitro benzene ring substituents is 1. The Bertz CT molecular complexity index is 781. The van der Waals surface area contributed by atoms with Crippen molar-refractivity contribution in [2.75, 3.05) is 5.32 Å². The molecule has 0 saturated heterocycles. The number of nitro groups is 1. The van der Waals surface area contributed by atoms with Gasteiger partial charge < -0.3 is 9.73 Å². The van der Waals surface area contributed by atoms with Crippen LogP contribution in [0.1, 0.15) is 5.76 Å². The number of halogens is 1. The molecule has 0 aliphatic heterocycles. The summed E-state index contributed by atoms with van der Waals surface area (Å²) >= 11 is 6.03. The zero-order chi connectivity index (χ0) is 14.8. The van der Waals surface area contributed by atoms with Crippen LogP contribution in [0.15, 0.2) is 52.9 Å². The molecule has 0 aliphatic carbocycles. The fraction of sp³-hybridized carbons (Fsp3) is 0.0667. The number of anilines is 1. The van der Waals surface area contributed by atoms with Crippen molar-refractivity contribution in [3.63, 3.8) is 0 Å². The number of nitrogens with one attached hydrogen (secondary N) is 1. The molecule has 1 heterocycles. The van der Waals surface area contributed by atoms with Crippen LogP contribution in [0.2, 0.25) is 5.02 Å². The third-order valence-corrected chi connectivity index (χ3v) is 3.42. The topological polar surface area (TPSA) is 68.3 Å². The molecule has 6 heteroatoms. The summed E-state index contributed by atoms with van der Waals surface area (Å²) in [6.07, 6.45) is 0. The van der Waals surface area contributed by atoms with Gasteiger partial charge in [0.1, 0.15) is 11.3 Å². The third kappa shape index (κ3) is 2.83. The van der Waals surface area contributed by atoms with Gasteiger partial charge >= 0.3 is 0 Å². The minimum absolute atomic E-state index is 0.00786. The van der Waals surface area contributed by atoms with Gasteiger partial charge in [0.15, 0.2) is 0 Å². The molecule has 0 unspecified atom stereocenters. The van der Waals surface area contributed by atoms with Gasteiger partial charge in [0, 0.05) is 17.5 Å². The molecule has 0 atom stereocenters. The Morgan fingerprint density at radius 1 is 1.19 bits per heavy atom. The summed E-state index contributed by atoms with van der Waals surface area (Å²) in [7, 11) is 0. The first-order chi connectivity index (χ1) is 10.1. The molecule has 1 aromatic heterocycles. The van der Waals surface area contributed by atoms with Crippen molar-refractivity contribution in [2.45, 2.75) is 6.54 Å². The van der Waals surface area contributed by atoms with E-state index in [1.54, 1.807) is 0 Å². The average molecular weight is 303 g/mol. The molecule has 0 aliphatic rings. The van der Waals surface area contributed by atoms with E-state index in [9.17, 15) is 10.1 Å². The van der Waals surface area contributed by atoms with Crippen molar-refractivity contribution < 1.29 is 9.34 Å². The van der Waals surface area contributed by atoms with E-state index in [4.69, 9.17) is 16.0 Å². The van der Waals surface area contributed by atoms with Crippen LogP contribution in [0.25, 0.3) is 11.0 Å². The van der Waals surface area contributed by atoms with E-state index < -0.39 is 4.92 Å². The lowest BCUT2D eigenvalue weighted by atomic mass is 10.2. The minimum atomic E-state index is -0.456. The maximum Gasteiger partial charge on any atom is 0.271 e. The van der Waals surface area contributed by atoms with Gasteiger partial charge in [-0.1, -0.05) is 29.8 Å². The summed E-state index contributed by atoms with van der Waals surface area (Å²) < 4.78 is 5.67. The lowest BCUT2D eigenvalue weighted by molar-refractivity contribution is -0.384. The zero-order valence-corrected chi connectivity index (χ0v) is 11.6. The predicted molar refractivity (Wildman–Crippen MR) is 81.6 cm³/mol. The van der Waals surface area contributed by atoms with E-state index in [1.807, 2.05) is 30.3 Å². The fourth-order valence-electron chi connectivity index (χ4n) is 2.07. The molecule has 0 fully saturated rings. The number of benzene rings is 2. The number of furan rings is 1. The first-order valence-electron chi connectivity index (χ1n) is 6.29. The Labute approximate surface area is 125 Å². The predicted octanol–water partition coefficient (Wildman–Crippen LogP) is 4.61. The van der Waals surface area contributed by atoms with Crippen LogP contribution in [0.5, 0.6) is 0 Å². The Hall–Kier alpha value is -2.53. The van der Waals surface area contributed by atoms with Crippen molar-refractivity contribution in [3.8, 4) is 0 Å². The first kappa shape index (κ1) is 13.5. The summed E-state index contributed by atoms with van der Waals surface area (Å²) in [5, 5.41) is 15.3. The van der Waals surface area contributed by atoms with E-state index in [-0.39, 0.29) is 5.69 Å². The van der Waals surface area contributed by atoms with Crippen LogP contribution < -0.4 is 5.32 Å². The highest BCUT2D eigenvalue weighted by Crippen LogP contribution is 2.27. The van der Waals surface area contributed by atoms with Crippen LogP contribution >= 0.6 is 11.6 Å². The summed E-state index contributed by atoms with van der Waals surface area (Å²) in [5.74, 6) is 0.735. The van der Waals surface area contributed by atoms with E-state index in [1.165, 1.54) is 18.2 Å². The normalized spacial score (nSPS) is 10.7. The van der Waals surface area contributed by atoms with Crippen molar-refractivity contribution in [3.05, 3.63) is 69.4 Å². The molecular formula is C15H11ClN2O3. The van der Waals surface area contributed by atoms with Crippen LogP contribution in [0.4, 0.5) is 11.4 Å². The standard InChI is InChI=1S/C15H11ClN2O3/c16-13-6-5-11(18(19)20)8-14(13)17-9-12-7-10-3-1-2-4-15(10)21-12/h1-8,17H,9H2. The van der Waals surface area contributed by atoms with E-state index in [2.05, 4.69) is 5.32 Å². The minimum Gasteiger partial charge on any atom is -0.459 e. The van der Waals surface area contributed by atoms with Gasteiger partial charge in [-0.3, -0.25) is 10.1 Å². The van der Waals surface area contributed by atoms with E-state index in [0.29, 0.717) is 17.3 Å². The monoisotopic (exact) mass is 302 g/mol. The van der Waals surface area contributed by atoms with Gasteiger partial charge in [-0.25, -0.2) is 0 Å². The molecule has 0 radical (unpaired) electrons. The zero-order valence-electron chi connectivity index (χ0n) is 10.9. The molecule has 1 N–H and O–H groups in total. The SMILES string of the molecule is O=[N+]([O-])c1ccc(Cl)c(NCc2cc3ccccc3o2)c1. The number of fused-ring (bicyclic) bond motifs is 1. The molecule has 3 aromatic rings. The second-order valence-electron chi connectivity index (χ2n) is 4.53. The van der Waals surface area contributed by atoms with Gasteiger partial charge in [-0.2, -0.15) is 0 Å². The van der Waals surface area contributed by atoms with Gasteiger partial charge in [0.2, 0.25) is 0 Å². The highest BCUT2D eigenvalue weighted by atomic mass is 35.5. The lowest BCUT2D eigenvalue weighted by Crippen LogP contribution is -1.99. The average Bonchev–Trinajstić information content (AvgIpc) is 2.89. The fourth-order valence-corrected chi connectivity index (χ4v) is 2.25. The Morgan fingerprint density at radius 2 is 2.00 bits per heavy atom. The highest BCUT2D eigenvalue weighted by Gasteiger charge is 2.10. The number of hydrogen-bond acceptors (Lipinski definition) is 4. The molecule has 106 valence electrons. The molecule has 0 bridgehead atoms. The van der Waals surface area contributed by atoms with Crippen molar-refractivity contribution in [1.29, 1.82) is 0 Å². The van der Waals surface area contributed by atoms with E-state index in [0.717, 1.165) is 16.7 Å². The number of nitro benzene ring substituents is 1. The van der Waals surface area contributed by atoms with Crippen LogP contribution in [0, 0.1) is 10.1 Å². The molecule has 0 spiro atoms. The third-order valence-electron chi connectivity index (χ3n) is 3.09. The second-order valence-corrected chi connectivity index (χ2v) is 4.93. The number of para-hydroxylation sites is 1. The molecule has 0 saturated carbocycles. The quantitative estimate of drug-likeness (QED) is 0.564. The summed E-state index contributed by atoms with van der Waals surface area (Å²) in [6, 6.07) is 13.9. The second kappa shape index (κ2) is 5.46. The smallest absolute Gasteiger partial charge is 0.271 e. The van der Waals surface area contributed by atoms with Crippen molar-refractivity contribution in [1.82, 2.24) is 0 Å². The van der Waals surface area contributed by atoms with Crippen LogP contribution in [0.3, 0.4) is 0 Å². The van der Waals surface area contributed by atoms with Gasteiger partial charge in [-0.05, 0) is 18.2 Å². The summed E-state index contributed by atoms with van der Waals surface area (Å²) in [6.45, 7) is 0.398. The molecule has 2 aromatic carbocycles. The van der Waals surface area contributed by atoms with Crippen LogP contribution in [-0.2, 0) is 6.54 Å². The van der Waals surface area contributed by atoms with E-state index >= 15 is 0 Å². The Kier molecular flexibility index (Phi) is 3.50. The van der Waals surface area contributed by atoms with Crippen LogP contribution in [-0.4, -0.2) is 4.92 Å². The van der Waals surface area contributed by atoms with Crippen molar-refractivity contribution >= 4 is 33.9 Å². The van der Waals surface area contributed by atoms with Gasteiger partial charge in [0.25, 0.3) is 5.69 Å². The number of hydrogen-bond donors (Lipinski definition) is 1. The highest BCUT2D eigenvalue weighted by molar-refractivity contribution is 6.33. The summed E-state index contributed by atoms with van der Waals surface area (Å²) in [5.41, 5.74) is 1.30. The maximum atomic E-state index is 10.8. The van der Waals surface area contributed by atoms with Crippen molar-refractivity contribution in [2.24, 2.45) is 0 Å². The largest absolute Gasteiger partial charge is 0.459 e. The number of nitrogens with zero attached hydrogens (tertiary/aromatic N) is 1. The Morgan fingerprint density at radius 3 is 2.76 bits per heavy atom. The molecular weight excluding hydrogens is 292 g/mol. The maximum absolute atomic E-state index is 10.8. The lowest BCUT2D eigenvalue weighted by Gasteiger charge is -2.06. The molecule has 0 amide bonds. The molecule has 5 nitrogen and oxygen atoms in total.